The molecule has 1 atom stereocenters. The van der Waals surface area contributed by atoms with Gasteiger partial charge in [-0.05, 0) is 62.9 Å². The minimum atomic E-state index is -2.86. The molecule has 0 aliphatic carbocycles. The Kier molecular flexibility index (Phi) is 8.91. The second-order valence-corrected chi connectivity index (χ2v) is 16.7. The summed E-state index contributed by atoms with van der Waals surface area (Å²) in [6.45, 7) is 6.89. The molecule has 0 radical (unpaired) electrons. The number of hydrogen-bond donors (Lipinski definition) is 2. The normalized spacial score (nSPS) is 13.4. The molecule has 2 N–H and O–H groups in total. The molecule has 0 saturated heterocycles. The summed E-state index contributed by atoms with van der Waals surface area (Å²) in [5.41, 5.74) is 2.51. The fourth-order valence-electron chi connectivity index (χ4n) is 6.18. The Morgan fingerprint density at radius 3 is 2.26 bits per heavy atom. The Bertz CT molecular complexity index is 1870. The summed E-state index contributed by atoms with van der Waals surface area (Å²) in [6, 6.07) is 31.5. The lowest BCUT2D eigenvalue weighted by Crippen LogP contribution is -2.68. The van der Waals surface area contributed by atoms with Crippen LogP contribution >= 0.6 is 0 Å². The summed E-state index contributed by atoms with van der Waals surface area (Å²) in [7, 11) is -1.54. The highest BCUT2D eigenvalue weighted by Gasteiger charge is 2.52. The molecule has 1 aliphatic heterocycles. The van der Waals surface area contributed by atoms with Crippen LogP contribution in [0, 0.1) is 0 Å². The van der Waals surface area contributed by atoms with Crippen LogP contribution in [0.4, 0.5) is 0 Å². The molecule has 240 valence electrons. The number of carbonyl (C=O) groups excluding carboxylic acids is 2. The van der Waals surface area contributed by atoms with Crippen LogP contribution in [0.2, 0.25) is 5.04 Å². The minimum Gasteiger partial charge on any atom is -0.534 e. The first-order valence-electron chi connectivity index (χ1n) is 15.5. The van der Waals surface area contributed by atoms with E-state index in [2.05, 4.69) is 79.6 Å². The topological polar surface area (TPSA) is 98.9 Å². The van der Waals surface area contributed by atoms with Gasteiger partial charge in [-0.15, -0.1) is 0 Å². The largest absolute Gasteiger partial charge is 0.534 e. The standard InChI is InChI=1S/C38H38N2O6Si/c1-38(2,3)47(29-11-7-5-8-12-29,30-13-9-6-10-14-30)46-28-17-18-32-31(23-28)27(24-39-32)22-33(37(42)43-4)40-36(41)20-16-26-15-19-34-35(21-26)45-25-44-34/h5-21,23-24,33,39H,22,25H2,1-4H3,(H,40,41)/b20-16+/t33-/m1/s1. The minimum absolute atomic E-state index is 0.171. The van der Waals surface area contributed by atoms with Crippen LogP contribution in [0.25, 0.3) is 17.0 Å². The zero-order chi connectivity index (χ0) is 33.0. The molecule has 0 saturated carbocycles. The van der Waals surface area contributed by atoms with E-state index in [1.807, 2.05) is 42.6 Å². The molecule has 0 bridgehead atoms. The van der Waals surface area contributed by atoms with E-state index >= 15 is 0 Å². The number of ether oxygens (including phenoxy) is 3. The highest BCUT2D eigenvalue weighted by molar-refractivity contribution is 7.00. The highest BCUT2D eigenvalue weighted by atomic mass is 28.4. The maximum Gasteiger partial charge on any atom is 0.328 e. The van der Waals surface area contributed by atoms with Gasteiger partial charge in [0, 0.05) is 29.6 Å². The monoisotopic (exact) mass is 646 g/mol. The predicted octanol–water partition coefficient (Wildman–Crippen LogP) is 5.75. The fourth-order valence-corrected chi connectivity index (χ4v) is 10.6. The van der Waals surface area contributed by atoms with Crippen molar-refractivity contribution in [2.24, 2.45) is 0 Å². The van der Waals surface area contributed by atoms with Gasteiger partial charge in [-0.3, -0.25) is 4.79 Å². The van der Waals surface area contributed by atoms with Gasteiger partial charge in [0.1, 0.15) is 11.8 Å². The molecule has 5 aromatic rings. The summed E-state index contributed by atoms with van der Waals surface area (Å²) in [5.74, 6) is 1.06. The van der Waals surface area contributed by atoms with Crippen LogP contribution in [0.15, 0.2) is 109 Å². The Morgan fingerprint density at radius 1 is 0.915 bits per heavy atom. The molecule has 0 unspecified atom stereocenters. The summed E-state index contributed by atoms with van der Waals surface area (Å²) < 4.78 is 23.1. The van der Waals surface area contributed by atoms with Crippen LogP contribution in [0.1, 0.15) is 31.9 Å². The van der Waals surface area contributed by atoms with Crippen molar-refractivity contribution < 1.29 is 28.2 Å². The Balaban J connectivity index is 1.28. The highest BCUT2D eigenvalue weighted by Crippen LogP contribution is 2.38. The number of hydrogen-bond acceptors (Lipinski definition) is 6. The number of benzene rings is 4. The van der Waals surface area contributed by atoms with E-state index in [0.29, 0.717) is 11.5 Å². The van der Waals surface area contributed by atoms with Crippen molar-refractivity contribution in [2.75, 3.05) is 13.9 Å². The van der Waals surface area contributed by atoms with Crippen molar-refractivity contribution in [3.8, 4) is 17.2 Å². The average molecular weight is 647 g/mol. The van der Waals surface area contributed by atoms with Crippen LogP contribution in [0.5, 0.6) is 17.2 Å². The molecular formula is C38H38N2O6Si. The first kappa shape index (κ1) is 31.7. The lowest BCUT2D eigenvalue weighted by atomic mass is 10.0. The summed E-state index contributed by atoms with van der Waals surface area (Å²) >= 11 is 0. The van der Waals surface area contributed by atoms with Crippen molar-refractivity contribution in [1.29, 1.82) is 0 Å². The van der Waals surface area contributed by atoms with Gasteiger partial charge in [-0.1, -0.05) is 87.5 Å². The third kappa shape index (κ3) is 6.52. The molecule has 2 heterocycles. The molecule has 0 spiro atoms. The van der Waals surface area contributed by atoms with Crippen molar-refractivity contribution in [2.45, 2.75) is 38.3 Å². The van der Waals surface area contributed by atoms with Gasteiger partial charge < -0.3 is 28.9 Å². The van der Waals surface area contributed by atoms with E-state index in [1.165, 1.54) is 23.6 Å². The number of aromatic nitrogens is 1. The molecule has 1 aromatic heterocycles. The van der Waals surface area contributed by atoms with E-state index in [9.17, 15) is 9.59 Å². The van der Waals surface area contributed by atoms with Gasteiger partial charge >= 0.3 is 14.3 Å². The third-order valence-electron chi connectivity index (χ3n) is 8.48. The molecule has 6 rings (SSSR count). The Hall–Kier alpha value is -5.28. The van der Waals surface area contributed by atoms with Crippen LogP contribution < -0.4 is 29.6 Å². The molecule has 0 fully saturated rings. The van der Waals surface area contributed by atoms with E-state index in [1.54, 1.807) is 18.2 Å². The van der Waals surface area contributed by atoms with Crippen molar-refractivity contribution >= 4 is 47.5 Å². The second kappa shape index (κ2) is 13.2. The molecule has 4 aromatic carbocycles. The van der Waals surface area contributed by atoms with E-state index in [0.717, 1.165) is 27.8 Å². The van der Waals surface area contributed by atoms with Crippen LogP contribution in [0.3, 0.4) is 0 Å². The van der Waals surface area contributed by atoms with Crippen molar-refractivity contribution in [3.63, 3.8) is 0 Å². The molecule has 47 heavy (non-hydrogen) atoms. The summed E-state index contributed by atoms with van der Waals surface area (Å²) in [5, 5.41) is 5.86. The van der Waals surface area contributed by atoms with Gasteiger partial charge in [-0.2, -0.15) is 0 Å². The van der Waals surface area contributed by atoms with Crippen LogP contribution in [-0.2, 0) is 20.7 Å². The van der Waals surface area contributed by atoms with Gasteiger partial charge in [0.05, 0.1) is 7.11 Å². The maximum absolute atomic E-state index is 13.0. The molecular weight excluding hydrogens is 609 g/mol. The van der Waals surface area contributed by atoms with Gasteiger partial charge in [0.15, 0.2) is 11.5 Å². The summed E-state index contributed by atoms with van der Waals surface area (Å²) in [4.78, 5) is 29.1. The lowest BCUT2D eigenvalue weighted by molar-refractivity contribution is -0.144. The first-order chi connectivity index (χ1) is 22.7. The van der Waals surface area contributed by atoms with Gasteiger partial charge in [0.2, 0.25) is 12.7 Å². The number of esters is 1. The molecule has 9 heteroatoms. The number of nitrogens with one attached hydrogen (secondary N) is 2. The zero-order valence-electron chi connectivity index (χ0n) is 26.9. The van der Waals surface area contributed by atoms with E-state index in [-0.39, 0.29) is 18.3 Å². The lowest BCUT2D eigenvalue weighted by Gasteiger charge is -2.43. The smallest absolute Gasteiger partial charge is 0.328 e. The zero-order valence-corrected chi connectivity index (χ0v) is 27.9. The van der Waals surface area contributed by atoms with E-state index < -0.39 is 26.2 Å². The van der Waals surface area contributed by atoms with Gasteiger partial charge in [-0.25, -0.2) is 4.79 Å². The summed E-state index contributed by atoms with van der Waals surface area (Å²) in [6.07, 6.45) is 5.13. The van der Waals surface area contributed by atoms with Gasteiger partial charge in [0.25, 0.3) is 0 Å². The molecule has 1 amide bonds. The van der Waals surface area contributed by atoms with Crippen LogP contribution in [-0.4, -0.2) is 45.1 Å². The maximum atomic E-state index is 13.0. The van der Waals surface area contributed by atoms with Crippen molar-refractivity contribution in [3.05, 3.63) is 120 Å². The van der Waals surface area contributed by atoms with Crippen molar-refractivity contribution in [1.82, 2.24) is 10.3 Å². The number of H-pyrrole nitrogens is 1. The quantitative estimate of drug-likeness (QED) is 0.114. The number of fused-ring (bicyclic) bond motifs is 2. The van der Waals surface area contributed by atoms with E-state index in [4.69, 9.17) is 18.6 Å². The predicted molar refractivity (Wildman–Crippen MR) is 186 cm³/mol. The SMILES string of the molecule is COC(=O)[C@@H](Cc1c[nH]c2ccc(O[Si](c3ccccc3)(c3ccccc3)C(C)(C)C)cc12)NC(=O)/C=C/c1ccc2c(c1)OCO2. The molecule has 1 aliphatic rings. The first-order valence-corrected chi connectivity index (χ1v) is 17.4. The number of methoxy groups -OCH3 is 1. The Morgan fingerprint density at radius 2 is 1.60 bits per heavy atom. The average Bonchev–Trinajstić information content (AvgIpc) is 3.72. The molecule has 8 nitrogen and oxygen atoms in total. The number of carbonyl (C=O) groups is 2. The number of amides is 1. The third-order valence-corrected chi connectivity index (χ3v) is 13.4. The number of aromatic amines is 1. The fraction of sp³-hybridized carbons (Fsp3) is 0.211. The number of rotatable bonds is 10. The second-order valence-electron chi connectivity index (χ2n) is 12.5. The Labute approximate surface area is 275 Å².